The van der Waals surface area contributed by atoms with Gasteiger partial charge in [0.15, 0.2) is 0 Å². The number of aromatic nitrogens is 1. The first kappa shape index (κ1) is 15.8. The number of aliphatic hydroxyl groups is 1. The van der Waals surface area contributed by atoms with Gasteiger partial charge >= 0.3 is 11.8 Å². The van der Waals surface area contributed by atoms with Gasteiger partial charge in [-0.3, -0.25) is 9.59 Å². The molecule has 0 aliphatic carbocycles. The number of aliphatic hydroxyl groups excluding tert-OH is 1. The molecule has 22 heavy (non-hydrogen) atoms. The number of nitrogens with one attached hydrogen (secondary N) is 2. The van der Waals surface area contributed by atoms with Crippen LogP contribution in [0.4, 0.5) is 5.69 Å². The predicted octanol–water partition coefficient (Wildman–Crippen LogP) is 1.12. The molecule has 116 valence electrons. The summed E-state index contributed by atoms with van der Waals surface area (Å²) in [6.45, 7) is 1.90. The molecule has 0 saturated carbocycles. The van der Waals surface area contributed by atoms with Gasteiger partial charge in [-0.25, -0.2) is 0 Å². The standard InChI is InChI=1S/C16H19N3O3/c1-11-5-7-12(8-6-11)18-16(22)15(21)17-10-14(20)13-4-3-9-19(13)2/h3-9,14,20H,10H2,1-2H3,(H,17,21)(H,18,22). The molecular weight excluding hydrogens is 282 g/mol. The minimum atomic E-state index is -0.865. The van der Waals surface area contributed by atoms with Gasteiger partial charge < -0.3 is 20.3 Å². The van der Waals surface area contributed by atoms with Gasteiger partial charge in [0, 0.05) is 31.2 Å². The van der Waals surface area contributed by atoms with E-state index in [9.17, 15) is 14.7 Å². The molecule has 0 bridgehead atoms. The van der Waals surface area contributed by atoms with E-state index in [0.717, 1.165) is 5.56 Å². The van der Waals surface area contributed by atoms with E-state index in [1.165, 1.54) is 0 Å². The van der Waals surface area contributed by atoms with E-state index < -0.39 is 17.9 Å². The highest BCUT2D eigenvalue weighted by Crippen LogP contribution is 2.11. The summed E-state index contributed by atoms with van der Waals surface area (Å²) in [4.78, 5) is 23.5. The maximum Gasteiger partial charge on any atom is 0.313 e. The van der Waals surface area contributed by atoms with Gasteiger partial charge in [-0.1, -0.05) is 17.7 Å². The number of nitrogens with zero attached hydrogens (tertiary/aromatic N) is 1. The molecule has 1 aromatic carbocycles. The van der Waals surface area contributed by atoms with Crippen molar-refractivity contribution in [2.45, 2.75) is 13.0 Å². The van der Waals surface area contributed by atoms with Gasteiger partial charge in [0.25, 0.3) is 0 Å². The van der Waals surface area contributed by atoms with Crippen LogP contribution in [0.5, 0.6) is 0 Å². The Bertz CT molecular complexity index is 662. The molecule has 6 heteroatoms. The van der Waals surface area contributed by atoms with Crippen LogP contribution >= 0.6 is 0 Å². The van der Waals surface area contributed by atoms with Crippen LogP contribution in [0, 0.1) is 6.92 Å². The number of carbonyl (C=O) groups is 2. The smallest absolute Gasteiger partial charge is 0.313 e. The number of hydrogen-bond acceptors (Lipinski definition) is 3. The van der Waals surface area contributed by atoms with Gasteiger partial charge in [-0.05, 0) is 31.2 Å². The van der Waals surface area contributed by atoms with E-state index in [1.54, 1.807) is 42.1 Å². The normalized spacial score (nSPS) is 11.8. The maximum absolute atomic E-state index is 11.8. The number of aryl methyl sites for hydroxylation is 2. The molecule has 1 heterocycles. The van der Waals surface area contributed by atoms with Gasteiger partial charge in [0.2, 0.25) is 0 Å². The van der Waals surface area contributed by atoms with E-state index >= 15 is 0 Å². The average Bonchev–Trinajstić information content (AvgIpc) is 2.93. The zero-order valence-corrected chi connectivity index (χ0v) is 12.5. The SMILES string of the molecule is Cc1ccc(NC(=O)C(=O)NCC(O)c2cccn2C)cc1. The fraction of sp³-hybridized carbons (Fsp3) is 0.250. The number of carbonyl (C=O) groups excluding carboxylic acids is 2. The molecule has 2 aromatic rings. The molecular formula is C16H19N3O3. The molecule has 0 radical (unpaired) electrons. The molecule has 2 rings (SSSR count). The van der Waals surface area contributed by atoms with Crippen LogP contribution < -0.4 is 10.6 Å². The largest absolute Gasteiger partial charge is 0.385 e. The Hall–Kier alpha value is -2.60. The molecule has 6 nitrogen and oxygen atoms in total. The summed E-state index contributed by atoms with van der Waals surface area (Å²) in [6, 6.07) is 10.7. The average molecular weight is 301 g/mol. The zero-order valence-electron chi connectivity index (χ0n) is 12.5. The number of benzene rings is 1. The van der Waals surface area contributed by atoms with Gasteiger partial charge in [0.05, 0.1) is 0 Å². The number of anilines is 1. The van der Waals surface area contributed by atoms with Gasteiger partial charge in [0.1, 0.15) is 6.10 Å². The molecule has 2 amide bonds. The van der Waals surface area contributed by atoms with Crippen LogP contribution in [-0.2, 0) is 16.6 Å². The van der Waals surface area contributed by atoms with Gasteiger partial charge in [-0.15, -0.1) is 0 Å². The third kappa shape index (κ3) is 3.95. The first-order valence-electron chi connectivity index (χ1n) is 6.92. The van der Waals surface area contributed by atoms with E-state index in [4.69, 9.17) is 0 Å². The Labute approximate surface area is 128 Å². The first-order chi connectivity index (χ1) is 10.5. The molecule has 0 saturated heterocycles. The highest BCUT2D eigenvalue weighted by atomic mass is 16.3. The number of hydrogen-bond donors (Lipinski definition) is 3. The Morgan fingerprint density at radius 1 is 1.18 bits per heavy atom. The predicted molar refractivity (Wildman–Crippen MR) is 83.2 cm³/mol. The van der Waals surface area contributed by atoms with Crippen molar-refractivity contribution in [3.8, 4) is 0 Å². The lowest BCUT2D eigenvalue weighted by Gasteiger charge is -2.13. The fourth-order valence-corrected chi connectivity index (χ4v) is 2.02. The Morgan fingerprint density at radius 3 is 2.45 bits per heavy atom. The summed E-state index contributed by atoms with van der Waals surface area (Å²) >= 11 is 0. The summed E-state index contributed by atoms with van der Waals surface area (Å²) in [7, 11) is 1.80. The highest BCUT2D eigenvalue weighted by Gasteiger charge is 2.17. The molecule has 0 aliphatic rings. The summed E-state index contributed by atoms with van der Waals surface area (Å²) in [6.07, 6.45) is 0.931. The highest BCUT2D eigenvalue weighted by molar-refractivity contribution is 6.39. The second-order valence-corrected chi connectivity index (χ2v) is 5.09. The minimum Gasteiger partial charge on any atom is -0.385 e. The lowest BCUT2D eigenvalue weighted by Crippen LogP contribution is -2.37. The lowest BCUT2D eigenvalue weighted by atomic mass is 10.2. The molecule has 1 unspecified atom stereocenters. The Morgan fingerprint density at radius 2 is 1.86 bits per heavy atom. The third-order valence-corrected chi connectivity index (χ3v) is 3.30. The van der Waals surface area contributed by atoms with Crippen LogP contribution in [0.3, 0.4) is 0 Å². The number of amides is 2. The summed E-state index contributed by atoms with van der Waals surface area (Å²) < 4.78 is 1.75. The molecule has 1 aromatic heterocycles. The Balaban J connectivity index is 1.85. The summed E-state index contributed by atoms with van der Waals surface area (Å²) in [5.74, 6) is -1.54. The quantitative estimate of drug-likeness (QED) is 0.740. The second kappa shape index (κ2) is 6.91. The maximum atomic E-state index is 11.8. The van der Waals surface area contributed by atoms with E-state index in [0.29, 0.717) is 11.4 Å². The van der Waals surface area contributed by atoms with Crippen LogP contribution in [-0.4, -0.2) is 28.0 Å². The lowest BCUT2D eigenvalue weighted by molar-refractivity contribution is -0.136. The molecule has 3 N–H and O–H groups in total. The third-order valence-electron chi connectivity index (χ3n) is 3.30. The van der Waals surface area contributed by atoms with Crippen molar-refractivity contribution in [2.24, 2.45) is 7.05 Å². The Kier molecular flexibility index (Phi) is 4.95. The van der Waals surface area contributed by atoms with E-state index in [1.807, 2.05) is 19.1 Å². The van der Waals surface area contributed by atoms with Crippen LogP contribution in [0.1, 0.15) is 17.4 Å². The van der Waals surface area contributed by atoms with Crippen molar-refractivity contribution in [2.75, 3.05) is 11.9 Å². The van der Waals surface area contributed by atoms with Gasteiger partial charge in [-0.2, -0.15) is 0 Å². The molecule has 1 atom stereocenters. The van der Waals surface area contributed by atoms with Crippen LogP contribution in [0.15, 0.2) is 42.6 Å². The van der Waals surface area contributed by atoms with Crippen molar-refractivity contribution in [3.63, 3.8) is 0 Å². The van der Waals surface area contributed by atoms with Crippen LogP contribution in [0.2, 0.25) is 0 Å². The van der Waals surface area contributed by atoms with Crippen molar-refractivity contribution in [1.82, 2.24) is 9.88 Å². The number of rotatable bonds is 4. The zero-order chi connectivity index (χ0) is 16.1. The molecule has 0 spiro atoms. The molecule has 0 fully saturated rings. The summed E-state index contributed by atoms with van der Waals surface area (Å²) in [5.41, 5.74) is 2.28. The van der Waals surface area contributed by atoms with Crippen molar-refractivity contribution in [3.05, 3.63) is 53.9 Å². The van der Waals surface area contributed by atoms with Crippen molar-refractivity contribution >= 4 is 17.5 Å². The minimum absolute atomic E-state index is 0.0298. The van der Waals surface area contributed by atoms with Crippen LogP contribution in [0.25, 0.3) is 0 Å². The topological polar surface area (TPSA) is 83.4 Å². The molecule has 0 aliphatic heterocycles. The fourth-order valence-electron chi connectivity index (χ4n) is 2.02. The van der Waals surface area contributed by atoms with E-state index in [-0.39, 0.29) is 6.54 Å². The second-order valence-electron chi connectivity index (χ2n) is 5.09. The first-order valence-corrected chi connectivity index (χ1v) is 6.92. The van der Waals surface area contributed by atoms with Crippen molar-refractivity contribution < 1.29 is 14.7 Å². The summed E-state index contributed by atoms with van der Waals surface area (Å²) in [5, 5.41) is 14.9. The van der Waals surface area contributed by atoms with Crippen molar-refractivity contribution in [1.29, 1.82) is 0 Å². The monoisotopic (exact) mass is 301 g/mol. The van der Waals surface area contributed by atoms with E-state index in [2.05, 4.69) is 10.6 Å².